The van der Waals surface area contributed by atoms with Crippen LogP contribution < -0.4 is 5.73 Å². The lowest BCUT2D eigenvalue weighted by Crippen LogP contribution is -2.41. The summed E-state index contributed by atoms with van der Waals surface area (Å²) in [5.41, 5.74) is 7.24. The molecule has 1 heterocycles. The predicted octanol–water partition coefficient (Wildman–Crippen LogP) is 3.36. The van der Waals surface area contributed by atoms with Crippen molar-refractivity contribution in [3.8, 4) is 0 Å². The summed E-state index contributed by atoms with van der Waals surface area (Å²) in [7, 11) is 0. The first-order valence-corrected chi connectivity index (χ1v) is 7.64. The van der Waals surface area contributed by atoms with Gasteiger partial charge in [0.25, 0.3) is 0 Å². The van der Waals surface area contributed by atoms with E-state index >= 15 is 0 Å². The van der Waals surface area contributed by atoms with Gasteiger partial charge in [-0.25, -0.2) is 0 Å². The summed E-state index contributed by atoms with van der Waals surface area (Å²) in [5.74, 6) is 1.97. The van der Waals surface area contributed by atoms with Crippen LogP contribution >= 0.6 is 11.6 Å². The standard InChI is InChI=1S/C16H25ClN2/c1-12-6-13(2)10-19(9-12)11-15(8-18)14-4-3-5-16(17)7-14/h3-5,7,12-13,15H,6,8-11,18H2,1-2H3. The van der Waals surface area contributed by atoms with E-state index in [0.29, 0.717) is 12.5 Å². The van der Waals surface area contributed by atoms with Gasteiger partial charge in [0, 0.05) is 37.1 Å². The monoisotopic (exact) mass is 280 g/mol. The number of hydrogen-bond acceptors (Lipinski definition) is 2. The van der Waals surface area contributed by atoms with E-state index in [2.05, 4.69) is 30.9 Å². The van der Waals surface area contributed by atoms with E-state index in [1.807, 2.05) is 12.1 Å². The van der Waals surface area contributed by atoms with Gasteiger partial charge in [-0.05, 0) is 36.0 Å². The van der Waals surface area contributed by atoms with Crippen molar-refractivity contribution in [2.24, 2.45) is 17.6 Å². The van der Waals surface area contributed by atoms with Gasteiger partial charge in [0.05, 0.1) is 0 Å². The molecule has 2 rings (SSSR count). The van der Waals surface area contributed by atoms with Crippen LogP contribution in [-0.4, -0.2) is 31.1 Å². The van der Waals surface area contributed by atoms with Crippen LogP contribution in [0.3, 0.4) is 0 Å². The molecule has 3 unspecified atom stereocenters. The number of benzene rings is 1. The molecule has 0 amide bonds. The van der Waals surface area contributed by atoms with Gasteiger partial charge in [-0.3, -0.25) is 0 Å². The molecule has 1 fully saturated rings. The lowest BCUT2D eigenvalue weighted by molar-refractivity contribution is 0.134. The van der Waals surface area contributed by atoms with E-state index in [-0.39, 0.29) is 0 Å². The van der Waals surface area contributed by atoms with Crippen LogP contribution in [0.25, 0.3) is 0 Å². The van der Waals surface area contributed by atoms with Crippen LogP contribution in [-0.2, 0) is 0 Å². The molecule has 1 aliphatic heterocycles. The summed E-state index contributed by atoms with van der Waals surface area (Å²) in [6.45, 7) is 8.81. The van der Waals surface area contributed by atoms with Crippen molar-refractivity contribution in [1.29, 1.82) is 0 Å². The Morgan fingerprint density at radius 3 is 2.58 bits per heavy atom. The third-order valence-electron chi connectivity index (χ3n) is 4.03. The molecule has 1 aromatic rings. The molecule has 2 nitrogen and oxygen atoms in total. The Morgan fingerprint density at radius 1 is 1.32 bits per heavy atom. The molecule has 1 saturated heterocycles. The van der Waals surface area contributed by atoms with Crippen LogP contribution in [0, 0.1) is 11.8 Å². The second kappa shape index (κ2) is 6.74. The van der Waals surface area contributed by atoms with E-state index in [9.17, 15) is 0 Å². The number of halogens is 1. The molecule has 0 radical (unpaired) electrons. The van der Waals surface area contributed by atoms with Crippen molar-refractivity contribution < 1.29 is 0 Å². The van der Waals surface area contributed by atoms with Crippen LogP contribution in [0.4, 0.5) is 0 Å². The summed E-state index contributed by atoms with van der Waals surface area (Å²) in [4.78, 5) is 2.57. The minimum Gasteiger partial charge on any atom is -0.330 e. The van der Waals surface area contributed by atoms with E-state index < -0.39 is 0 Å². The summed E-state index contributed by atoms with van der Waals surface area (Å²) in [6, 6.07) is 8.13. The molecule has 19 heavy (non-hydrogen) atoms. The smallest absolute Gasteiger partial charge is 0.0408 e. The summed E-state index contributed by atoms with van der Waals surface area (Å²) >= 11 is 6.08. The van der Waals surface area contributed by atoms with Crippen molar-refractivity contribution in [2.75, 3.05) is 26.2 Å². The molecule has 2 N–H and O–H groups in total. The fourth-order valence-electron chi connectivity index (χ4n) is 3.33. The highest BCUT2D eigenvalue weighted by molar-refractivity contribution is 6.30. The number of nitrogens with zero attached hydrogens (tertiary/aromatic N) is 1. The van der Waals surface area contributed by atoms with Crippen LogP contribution in [0.15, 0.2) is 24.3 Å². The fraction of sp³-hybridized carbons (Fsp3) is 0.625. The molecular weight excluding hydrogens is 256 g/mol. The Balaban J connectivity index is 2.02. The zero-order valence-corrected chi connectivity index (χ0v) is 12.7. The minimum atomic E-state index is 0.385. The van der Waals surface area contributed by atoms with Gasteiger partial charge in [-0.2, -0.15) is 0 Å². The van der Waals surface area contributed by atoms with E-state index in [0.717, 1.165) is 23.4 Å². The van der Waals surface area contributed by atoms with Gasteiger partial charge >= 0.3 is 0 Å². The normalized spacial score (nSPS) is 26.3. The van der Waals surface area contributed by atoms with Crippen molar-refractivity contribution in [2.45, 2.75) is 26.2 Å². The van der Waals surface area contributed by atoms with E-state index in [4.69, 9.17) is 17.3 Å². The molecule has 0 saturated carbocycles. The highest BCUT2D eigenvalue weighted by Gasteiger charge is 2.24. The molecule has 3 atom stereocenters. The lowest BCUT2D eigenvalue weighted by Gasteiger charge is -2.37. The molecule has 106 valence electrons. The van der Waals surface area contributed by atoms with Crippen molar-refractivity contribution >= 4 is 11.6 Å². The second-order valence-corrected chi connectivity index (χ2v) is 6.59. The largest absolute Gasteiger partial charge is 0.330 e. The average molecular weight is 281 g/mol. The number of nitrogens with two attached hydrogens (primary N) is 1. The SMILES string of the molecule is CC1CC(C)CN(CC(CN)c2cccc(Cl)c2)C1. The third-order valence-corrected chi connectivity index (χ3v) is 4.26. The zero-order chi connectivity index (χ0) is 13.8. The molecule has 0 aliphatic carbocycles. The average Bonchev–Trinajstić information content (AvgIpc) is 2.34. The molecule has 3 heteroatoms. The first-order valence-electron chi connectivity index (χ1n) is 7.26. The van der Waals surface area contributed by atoms with Gasteiger partial charge in [0.15, 0.2) is 0 Å². The number of hydrogen-bond donors (Lipinski definition) is 1. The molecule has 1 aromatic carbocycles. The number of piperidine rings is 1. The Morgan fingerprint density at radius 2 is 2.00 bits per heavy atom. The first-order chi connectivity index (χ1) is 9.08. The van der Waals surface area contributed by atoms with Gasteiger partial charge in [-0.15, -0.1) is 0 Å². The Hall–Kier alpha value is -0.570. The van der Waals surface area contributed by atoms with Gasteiger partial charge < -0.3 is 10.6 Å². The Bertz CT molecular complexity index is 397. The molecule has 0 spiro atoms. The highest BCUT2D eigenvalue weighted by atomic mass is 35.5. The number of likely N-dealkylation sites (tertiary alicyclic amines) is 1. The van der Waals surface area contributed by atoms with Gasteiger partial charge in [0.2, 0.25) is 0 Å². The molecule has 1 aliphatic rings. The Kier molecular flexibility index (Phi) is 5.26. The predicted molar refractivity (Wildman–Crippen MR) is 82.6 cm³/mol. The quantitative estimate of drug-likeness (QED) is 0.916. The number of rotatable bonds is 4. The zero-order valence-electron chi connectivity index (χ0n) is 12.0. The first kappa shape index (κ1) is 14.8. The maximum absolute atomic E-state index is 6.08. The topological polar surface area (TPSA) is 29.3 Å². The van der Waals surface area contributed by atoms with Crippen molar-refractivity contribution in [3.63, 3.8) is 0 Å². The van der Waals surface area contributed by atoms with E-state index in [1.165, 1.54) is 25.1 Å². The third kappa shape index (κ3) is 4.20. The molecular formula is C16H25ClN2. The maximum Gasteiger partial charge on any atom is 0.0408 e. The van der Waals surface area contributed by atoms with Crippen molar-refractivity contribution in [1.82, 2.24) is 4.90 Å². The summed E-state index contributed by atoms with van der Waals surface area (Å²) in [6.07, 6.45) is 1.35. The molecule has 0 aromatic heterocycles. The van der Waals surface area contributed by atoms with Gasteiger partial charge in [-0.1, -0.05) is 37.6 Å². The molecule has 0 bridgehead atoms. The maximum atomic E-state index is 6.08. The Labute approximate surface area is 121 Å². The summed E-state index contributed by atoms with van der Waals surface area (Å²) in [5, 5.41) is 0.802. The highest BCUT2D eigenvalue weighted by Crippen LogP contribution is 2.25. The lowest BCUT2D eigenvalue weighted by atomic mass is 9.90. The van der Waals surface area contributed by atoms with Crippen LogP contribution in [0.1, 0.15) is 31.7 Å². The minimum absolute atomic E-state index is 0.385. The second-order valence-electron chi connectivity index (χ2n) is 6.15. The summed E-state index contributed by atoms with van der Waals surface area (Å²) < 4.78 is 0. The van der Waals surface area contributed by atoms with Crippen LogP contribution in [0.5, 0.6) is 0 Å². The van der Waals surface area contributed by atoms with Gasteiger partial charge in [0.1, 0.15) is 0 Å². The fourth-order valence-corrected chi connectivity index (χ4v) is 3.53. The van der Waals surface area contributed by atoms with Crippen LogP contribution in [0.2, 0.25) is 5.02 Å². The van der Waals surface area contributed by atoms with E-state index in [1.54, 1.807) is 0 Å². The van der Waals surface area contributed by atoms with Crippen molar-refractivity contribution in [3.05, 3.63) is 34.9 Å².